The predicted octanol–water partition coefficient (Wildman–Crippen LogP) is 1.79. The quantitative estimate of drug-likeness (QED) is 0.816. The number of thioether (sulfide) groups is 1. The Morgan fingerprint density at radius 1 is 1.38 bits per heavy atom. The second-order valence-electron chi connectivity index (χ2n) is 5.16. The number of nitrogen functional groups attached to an aromatic ring is 1. The van der Waals surface area contributed by atoms with E-state index >= 15 is 0 Å². The van der Waals surface area contributed by atoms with Crippen molar-refractivity contribution < 1.29 is 17.9 Å². The molecule has 0 radical (unpaired) electrons. The predicted molar refractivity (Wildman–Crippen MR) is 75.7 cm³/mol. The molecule has 0 aliphatic carbocycles. The molecule has 2 heterocycles. The van der Waals surface area contributed by atoms with E-state index in [1.54, 1.807) is 0 Å². The number of amidine groups is 1. The molecule has 0 bridgehead atoms. The third kappa shape index (κ3) is 2.17. The summed E-state index contributed by atoms with van der Waals surface area (Å²) in [6.07, 6.45) is -0.710. The fourth-order valence-electron chi connectivity index (χ4n) is 2.94. The van der Waals surface area contributed by atoms with E-state index in [0.29, 0.717) is 5.75 Å². The van der Waals surface area contributed by atoms with Crippen LogP contribution in [0, 0.1) is 17.6 Å². The Hall–Kier alpha value is -1.41. The van der Waals surface area contributed by atoms with Gasteiger partial charge in [0.15, 0.2) is 16.8 Å². The summed E-state index contributed by atoms with van der Waals surface area (Å²) in [6.45, 7) is -0.762. The third-order valence-corrected chi connectivity index (χ3v) is 4.88. The van der Waals surface area contributed by atoms with E-state index in [4.69, 9.17) is 16.2 Å². The number of benzene rings is 1. The summed E-state index contributed by atoms with van der Waals surface area (Å²) in [4.78, 5) is 4.29. The van der Waals surface area contributed by atoms with Crippen LogP contribution < -0.4 is 11.5 Å². The molecule has 1 unspecified atom stereocenters. The first-order valence-electron chi connectivity index (χ1n) is 6.38. The molecule has 8 heteroatoms. The minimum atomic E-state index is -1.22. The van der Waals surface area contributed by atoms with Gasteiger partial charge in [0.2, 0.25) is 0 Å². The number of nitrogens with two attached hydrogens (primary N) is 2. The number of rotatable bonds is 2. The van der Waals surface area contributed by atoms with E-state index < -0.39 is 35.9 Å². The standard InChI is InChI=1S/C13H14F3N3OS/c14-3-10-8-4-21-12(18)19-13(8,5-20-10)7-1-6(17)2-9(15)11(7)16/h1-2,8,10H,3-5,17H2,(H2,18,19)/t8-,10-,13?/m1/s1. The number of nitrogens with zero attached hydrogens (tertiary/aromatic N) is 1. The average Bonchev–Trinajstić information content (AvgIpc) is 2.81. The number of hydrogen-bond acceptors (Lipinski definition) is 5. The number of aliphatic imine (C=N–C) groups is 1. The van der Waals surface area contributed by atoms with Crippen LogP contribution in [-0.4, -0.2) is 30.3 Å². The molecule has 0 spiro atoms. The first-order chi connectivity index (χ1) is 9.98. The lowest BCUT2D eigenvalue weighted by Gasteiger charge is -2.35. The van der Waals surface area contributed by atoms with Gasteiger partial charge in [0.1, 0.15) is 12.2 Å². The van der Waals surface area contributed by atoms with Crippen molar-refractivity contribution in [2.75, 3.05) is 24.8 Å². The van der Waals surface area contributed by atoms with Gasteiger partial charge in [-0.1, -0.05) is 11.8 Å². The Kier molecular flexibility index (Phi) is 3.53. The molecule has 0 aromatic heterocycles. The van der Waals surface area contributed by atoms with E-state index in [2.05, 4.69) is 4.99 Å². The van der Waals surface area contributed by atoms with Crippen molar-refractivity contribution in [1.82, 2.24) is 0 Å². The van der Waals surface area contributed by atoms with Crippen molar-refractivity contribution in [3.05, 3.63) is 29.3 Å². The van der Waals surface area contributed by atoms with Crippen molar-refractivity contribution >= 4 is 22.6 Å². The maximum atomic E-state index is 14.3. The molecule has 2 aliphatic rings. The minimum absolute atomic E-state index is 0.0239. The van der Waals surface area contributed by atoms with Crippen molar-refractivity contribution in [2.24, 2.45) is 16.6 Å². The van der Waals surface area contributed by atoms with Crippen molar-refractivity contribution in [2.45, 2.75) is 11.6 Å². The van der Waals surface area contributed by atoms with Gasteiger partial charge in [0.25, 0.3) is 0 Å². The van der Waals surface area contributed by atoms with Gasteiger partial charge in [0, 0.05) is 22.9 Å². The molecule has 2 aliphatic heterocycles. The van der Waals surface area contributed by atoms with Gasteiger partial charge in [0.05, 0.1) is 12.7 Å². The highest BCUT2D eigenvalue weighted by atomic mass is 32.2. The molecule has 1 saturated heterocycles. The lowest BCUT2D eigenvalue weighted by molar-refractivity contribution is 0.0721. The number of alkyl halides is 1. The highest BCUT2D eigenvalue weighted by Crippen LogP contribution is 2.48. The first kappa shape index (κ1) is 14.5. The summed E-state index contributed by atoms with van der Waals surface area (Å²) in [5.41, 5.74) is 10.2. The normalized spacial score (nSPS) is 31.9. The molecule has 3 rings (SSSR count). The molecular weight excluding hydrogens is 303 g/mol. The Labute approximate surface area is 123 Å². The Bertz CT molecular complexity index is 613. The largest absolute Gasteiger partial charge is 0.399 e. The van der Waals surface area contributed by atoms with E-state index in [1.807, 2.05) is 0 Å². The highest BCUT2D eigenvalue weighted by molar-refractivity contribution is 8.13. The fourth-order valence-corrected chi connectivity index (χ4v) is 4.01. The van der Waals surface area contributed by atoms with Crippen molar-refractivity contribution in [3.63, 3.8) is 0 Å². The lowest BCUT2D eigenvalue weighted by Crippen LogP contribution is -2.43. The van der Waals surface area contributed by atoms with Gasteiger partial charge in [-0.3, -0.25) is 0 Å². The zero-order chi connectivity index (χ0) is 15.2. The summed E-state index contributed by atoms with van der Waals surface area (Å²) in [7, 11) is 0. The van der Waals surface area contributed by atoms with Crippen LogP contribution in [0.1, 0.15) is 5.56 Å². The van der Waals surface area contributed by atoms with E-state index in [1.165, 1.54) is 17.8 Å². The number of halogens is 3. The van der Waals surface area contributed by atoms with Crippen LogP contribution in [0.25, 0.3) is 0 Å². The Morgan fingerprint density at radius 3 is 2.86 bits per heavy atom. The number of hydrogen-bond donors (Lipinski definition) is 2. The number of ether oxygens (including phenoxy) is 1. The molecule has 1 fully saturated rings. The van der Waals surface area contributed by atoms with E-state index in [-0.39, 0.29) is 23.0 Å². The molecule has 0 saturated carbocycles. The maximum absolute atomic E-state index is 14.3. The van der Waals surface area contributed by atoms with E-state index in [9.17, 15) is 13.2 Å². The fraction of sp³-hybridized carbons (Fsp3) is 0.462. The average molecular weight is 317 g/mol. The van der Waals surface area contributed by atoms with Crippen LogP contribution in [0.15, 0.2) is 17.1 Å². The molecule has 4 nitrogen and oxygen atoms in total. The number of fused-ring (bicyclic) bond motifs is 1. The zero-order valence-electron chi connectivity index (χ0n) is 11.0. The molecule has 4 N–H and O–H groups in total. The topological polar surface area (TPSA) is 73.6 Å². The SMILES string of the molecule is NC1=NC2(c3cc(N)cc(F)c3F)CO[C@H](CF)[C@H]2CS1. The molecule has 1 aromatic rings. The summed E-state index contributed by atoms with van der Waals surface area (Å²) in [5, 5.41) is 0.247. The van der Waals surface area contributed by atoms with Gasteiger partial charge in [-0.2, -0.15) is 0 Å². The molecule has 3 atom stereocenters. The van der Waals surface area contributed by atoms with Gasteiger partial charge in [-0.15, -0.1) is 0 Å². The second kappa shape index (κ2) is 5.10. The zero-order valence-corrected chi connectivity index (χ0v) is 11.8. The summed E-state index contributed by atoms with van der Waals surface area (Å²) in [6, 6.07) is 2.22. The van der Waals surface area contributed by atoms with Crippen LogP contribution in [0.3, 0.4) is 0 Å². The minimum Gasteiger partial charge on any atom is -0.399 e. The van der Waals surface area contributed by atoms with E-state index in [0.717, 1.165) is 6.07 Å². The highest BCUT2D eigenvalue weighted by Gasteiger charge is 2.54. The summed E-state index contributed by atoms with van der Waals surface area (Å²) in [5.74, 6) is -2.09. The Balaban J connectivity index is 2.19. The summed E-state index contributed by atoms with van der Waals surface area (Å²) < 4.78 is 46.4. The second-order valence-corrected chi connectivity index (χ2v) is 6.20. The molecular formula is C13H14F3N3OS. The molecule has 114 valence electrons. The monoisotopic (exact) mass is 317 g/mol. The first-order valence-corrected chi connectivity index (χ1v) is 7.37. The maximum Gasteiger partial charge on any atom is 0.164 e. The third-order valence-electron chi connectivity index (χ3n) is 3.97. The van der Waals surface area contributed by atoms with Crippen LogP contribution >= 0.6 is 11.8 Å². The number of anilines is 1. The van der Waals surface area contributed by atoms with Gasteiger partial charge >= 0.3 is 0 Å². The van der Waals surface area contributed by atoms with Crippen LogP contribution in [0.2, 0.25) is 0 Å². The van der Waals surface area contributed by atoms with Gasteiger partial charge in [-0.25, -0.2) is 18.2 Å². The Morgan fingerprint density at radius 2 is 2.14 bits per heavy atom. The lowest BCUT2D eigenvalue weighted by atomic mass is 9.78. The van der Waals surface area contributed by atoms with Crippen LogP contribution in [0.4, 0.5) is 18.9 Å². The summed E-state index contributed by atoms with van der Waals surface area (Å²) >= 11 is 1.25. The molecule has 1 aromatic carbocycles. The van der Waals surface area contributed by atoms with Gasteiger partial charge < -0.3 is 16.2 Å². The van der Waals surface area contributed by atoms with Crippen molar-refractivity contribution in [3.8, 4) is 0 Å². The van der Waals surface area contributed by atoms with Crippen LogP contribution in [0.5, 0.6) is 0 Å². The smallest absolute Gasteiger partial charge is 0.164 e. The van der Waals surface area contributed by atoms with Gasteiger partial charge in [-0.05, 0) is 12.1 Å². The molecule has 0 amide bonds. The van der Waals surface area contributed by atoms with Crippen molar-refractivity contribution in [1.29, 1.82) is 0 Å². The molecule has 21 heavy (non-hydrogen) atoms. The van der Waals surface area contributed by atoms with Crippen LogP contribution in [-0.2, 0) is 10.3 Å².